The van der Waals surface area contributed by atoms with Gasteiger partial charge >= 0.3 is 7.82 Å². The summed E-state index contributed by atoms with van der Waals surface area (Å²) >= 11 is 7.37. The molecule has 0 fully saturated rings. The van der Waals surface area contributed by atoms with E-state index in [1.165, 1.54) is 11.3 Å². The molecule has 0 aliphatic heterocycles. The highest BCUT2D eigenvalue weighted by Gasteiger charge is 2.28. The van der Waals surface area contributed by atoms with E-state index in [0.717, 1.165) is 15.0 Å². The Morgan fingerprint density at radius 2 is 1.60 bits per heavy atom. The van der Waals surface area contributed by atoms with E-state index in [2.05, 4.69) is 4.52 Å². The van der Waals surface area contributed by atoms with Crippen LogP contribution in [0.4, 0.5) is 0 Å². The van der Waals surface area contributed by atoms with E-state index < -0.39 is 26.6 Å². The molecule has 1 aromatic heterocycles. The van der Waals surface area contributed by atoms with Crippen molar-refractivity contribution in [1.29, 1.82) is 0 Å². The number of ether oxygens (including phenoxy) is 1. The molecule has 0 amide bonds. The molecule has 4 aromatic rings. The van der Waals surface area contributed by atoms with Gasteiger partial charge in [0.1, 0.15) is 11.5 Å². The Bertz CT molecular complexity index is 1470. The van der Waals surface area contributed by atoms with Gasteiger partial charge in [0.05, 0.1) is 18.8 Å². The summed E-state index contributed by atoms with van der Waals surface area (Å²) in [6, 6.07) is 17.7. The number of hydrogen-bond acceptors (Lipinski definition) is 7. The third-order valence-corrected chi connectivity index (χ3v) is 7.34. The van der Waals surface area contributed by atoms with Gasteiger partial charge in [0, 0.05) is 25.2 Å². The van der Waals surface area contributed by atoms with E-state index >= 15 is 0 Å². The van der Waals surface area contributed by atoms with Crippen molar-refractivity contribution in [3.63, 3.8) is 0 Å². The smallest absolute Gasteiger partial charge is 0.457 e. The second-order valence-corrected chi connectivity index (χ2v) is 11.0. The number of phosphoric ester groups is 1. The zero-order valence-electron chi connectivity index (χ0n) is 18.4. The molecule has 0 radical (unpaired) electrons. The van der Waals surface area contributed by atoms with Crippen molar-refractivity contribution in [1.82, 2.24) is 0 Å². The summed E-state index contributed by atoms with van der Waals surface area (Å²) in [4.78, 5) is 30.9. The average molecular weight is 536 g/mol. The Kier molecular flexibility index (Phi) is 7.61. The molecule has 1 atom stereocenters. The van der Waals surface area contributed by atoms with Gasteiger partial charge < -0.3 is 25.4 Å². The van der Waals surface area contributed by atoms with Crippen molar-refractivity contribution in [3.8, 4) is 11.5 Å². The Hall–Kier alpha value is -2.33. The summed E-state index contributed by atoms with van der Waals surface area (Å²) in [6.45, 7) is -0.995. The minimum atomic E-state index is -4.70. The lowest BCUT2D eigenvalue weighted by atomic mass is 9.94. The molecular weight excluding hydrogens is 513 g/mol. The predicted octanol–water partition coefficient (Wildman–Crippen LogP) is 4.59. The third-order valence-electron chi connectivity index (χ3n) is 5.50. The summed E-state index contributed by atoms with van der Waals surface area (Å²) in [7, 11) is -4.70. The largest absolute Gasteiger partial charge is 0.469 e. The first-order valence-corrected chi connectivity index (χ1v) is 13.3. The summed E-state index contributed by atoms with van der Waals surface area (Å²) in [6.07, 6.45) is 0.632. The Morgan fingerprint density at radius 3 is 2.26 bits per heavy atom. The summed E-state index contributed by atoms with van der Waals surface area (Å²) in [5, 5.41) is 11.4. The van der Waals surface area contributed by atoms with Gasteiger partial charge in [-0.15, -0.1) is 11.3 Å². The molecule has 0 aliphatic rings. The maximum absolute atomic E-state index is 13.1. The molecule has 184 valence electrons. The maximum Gasteiger partial charge on any atom is 0.469 e. The van der Waals surface area contributed by atoms with Crippen molar-refractivity contribution in [2.75, 3.05) is 13.2 Å². The van der Waals surface area contributed by atoms with Crippen LogP contribution in [0.2, 0.25) is 5.02 Å². The lowest BCUT2D eigenvalue weighted by molar-refractivity contribution is 0.102. The molecular formula is C24H23ClNO7PS. The average Bonchev–Trinajstić information content (AvgIpc) is 2.82. The van der Waals surface area contributed by atoms with Crippen molar-refractivity contribution >= 4 is 50.9 Å². The van der Waals surface area contributed by atoms with E-state index in [4.69, 9.17) is 31.9 Å². The van der Waals surface area contributed by atoms with Gasteiger partial charge in [-0.1, -0.05) is 17.7 Å². The monoisotopic (exact) mass is 535 g/mol. The Labute approximate surface area is 209 Å². The van der Waals surface area contributed by atoms with E-state index in [-0.39, 0.29) is 11.8 Å². The molecule has 0 saturated heterocycles. The van der Waals surface area contributed by atoms with Crippen LogP contribution in [0.3, 0.4) is 0 Å². The van der Waals surface area contributed by atoms with Crippen LogP contribution in [0, 0.1) is 0 Å². The summed E-state index contributed by atoms with van der Waals surface area (Å²) < 4.78 is 22.9. The van der Waals surface area contributed by atoms with Crippen molar-refractivity contribution < 1.29 is 28.7 Å². The normalized spacial score (nSPS) is 13.7. The highest BCUT2D eigenvalue weighted by atomic mass is 35.5. The van der Waals surface area contributed by atoms with Crippen LogP contribution in [0.5, 0.6) is 11.5 Å². The van der Waals surface area contributed by atoms with E-state index in [9.17, 15) is 14.5 Å². The van der Waals surface area contributed by atoms with E-state index in [0.29, 0.717) is 33.7 Å². The zero-order valence-corrected chi connectivity index (χ0v) is 20.9. The maximum atomic E-state index is 13.1. The third kappa shape index (κ3) is 6.46. The van der Waals surface area contributed by atoms with Gasteiger partial charge in [-0.2, -0.15) is 0 Å². The first-order valence-electron chi connectivity index (χ1n) is 10.6. The van der Waals surface area contributed by atoms with Crippen LogP contribution >= 0.6 is 30.8 Å². The van der Waals surface area contributed by atoms with Crippen LogP contribution in [-0.4, -0.2) is 33.6 Å². The van der Waals surface area contributed by atoms with Gasteiger partial charge in [0.2, 0.25) is 0 Å². The molecule has 1 unspecified atom stereocenters. The molecule has 0 aliphatic carbocycles. The standard InChI is InChI=1S/C24H23ClNO7PS/c25-16-2-4-17(5-3-16)33-18-6-8-20-22(12-18)35-21-11-15(1-7-19(21)23(20)28)9-10-24(26,13-27)14-32-34(29,30)31/h1-8,11-12,27H,9-10,13-14,26H2,(H2,29,30,31). The molecule has 4 rings (SSSR count). The van der Waals surface area contributed by atoms with E-state index in [1.807, 2.05) is 18.2 Å². The first kappa shape index (κ1) is 25.8. The Balaban J connectivity index is 1.59. The number of rotatable bonds is 9. The molecule has 8 nitrogen and oxygen atoms in total. The number of nitrogens with two attached hydrogens (primary N) is 1. The Morgan fingerprint density at radius 1 is 0.971 bits per heavy atom. The fourth-order valence-corrected chi connectivity index (χ4v) is 5.25. The van der Waals surface area contributed by atoms with Crippen LogP contribution in [0.15, 0.2) is 65.5 Å². The SMILES string of the molecule is NC(CO)(CCc1ccc2c(=O)c3ccc(Oc4ccc(Cl)cc4)cc3sc2c1)COP(=O)(O)O. The van der Waals surface area contributed by atoms with Crippen molar-refractivity contribution in [3.05, 3.63) is 81.5 Å². The van der Waals surface area contributed by atoms with Gasteiger partial charge in [0.25, 0.3) is 0 Å². The van der Waals surface area contributed by atoms with Gasteiger partial charge in [-0.05, 0) is 73.0 Å². The number of aryl methyl sites for hydroxylation is 1. The number of benzene rings is 3. The minimum absolute atomic E-state index is 0.0862. The van der Waals surface area contributed by atoms with E-state index in [1.54, 1.807) is 42.5 Å². The molecule has 3 aromatic carbocycles. The molecule has 0 saturated carbocycles. The van der Waals surface area contributed by atoms with Crippen molar-refractivity contribution in [2.45, 2.75) is 18.4 Å². The van der Waals surface area contributed by atoms with Gasteiger partial charge in [-0.25, -0.2) is 4.57 Å². The number of phosphoric acid groups is 1. The summed E-state index contributed by atoms with van der Waals surface area (Å²) in [5.74, 6) is 1.22. The zero-order chi connectivity index (χ0) is 25.2. The lowest BCUT2D eigenvalue weighted by Crippen LogP contribution is -2.48. The van der Waals surface area contributed by atoms with Crippen LogP contribution in [-0.2, 0) is 15.5 Å². The first-order chi connectivity index (χ1) is 16.5. The predicted molar refractivity (Wildman–Crippen MR) is 137 cm³/mol. The fraction of sp³-hybridized carbons (Fsp3) is 0.208. The van der Waals surface area contributed by atoms with Gasteiger partial charge in [-0.3, -0.25) is 9.32 Å². The number of hydrogen-bond donors (Lipinski definition) is 4. The van der Waals surface area contributed by atoms with Gasteiger partial charge in [0.15, 0.2) is 5.43 Å². The quantitative estimate of drug-likeness (QED) is 0.180. The highest BCUT2D eigenvalue weighted by molar-refractivity contribution is 7.46. The molecule has 0 spiro atoms. The molecule has 0 bridgehead atoms. The van der Waals surface area contributed by atoms with Crippen LogP contribution < -0.4 is 15.9 Å². The molecule has 1 heterocycles. The molecule has 35 heavy (non-hydrogen) atoms. The number of halogens is 1. The second-order valence-electron chi connectivity index (χ2n) is 8.26. The lowest BCUT2D eigenvalue weighted by Gasteiger charge is -2.27. The number of fused-ring (bicyclic) bond motifs is 2. The van der Waals surface area contributed by atoms with Crippen molar-refractivity contribution in [2.24, 2.45) is 5.73 Å². The molecule has 11 heteroatoms. The number of aliphatic hydroxyl groups is 1. The number of aliphatic hydroxyl groups excluding tert-OH is 1. The topological polar surface area (TPSA) is 139 Å². The minimum Gasteiger partial charge on any atom is -0.457 e. The summed E-state index contributed by atoms with van der Waals surface area (Å²) in [5.41, 5.74) is 5.52. The second kappa shape index (κ2) is 10.3. The molecule has 5 N–H and O–H groups in total. The van der Waals surface area contributed by atoms with Crippen LogP contribution in [0.25, 0.3) is 20.2 Å². The fourth-order valence-electron chi connectivity index (χ4n) is 3.54. The van der Waals surface area contributed by atoms with Crippen LogP contribution in [0.1, 0.15) is 12.0 Å². The highest BCUT2D eigenvalue weighted by Crippen LogP contribution is 2.37.